The number of hydrogen-bond acceptors (Lipinski definition) is 7. The van der Waals surface area contributed by atoms with E-state index < -0.39 is 22.7 Å². The van der Waals surface area contributed by atoms with Crippen molar-refractivity contribution in [2.75, 3.05) is 7.11 Å². The van der Waals surface area contributed by atoms with Gasteiger partial charge >= 0.3 is 11.7 Å². The van der Waals surface area contributed by atoms with Gasteiger partial charge in [-0.15, -0.1) is 5.06 Å². The van der Waals surface area contributed by atoms with Crippen LogP contribution in [-0.2, 0) is 14.4 Å². The first-order chi connectivity index (χ1) is 9.93. The van der Waals surface area contributed by atoms with Crippen molar-refractivity contribution in [3.05, 3.63) is 33.9 Å². The highest BCUT2D eigenvalue weighted by Gasteiger charge is 2.33. The van der Waals surface area contributed by atoms with Crippen molar-refractivity contribution in [1.29, 1.82) is 0 Å². The van der Waals surface area contributed by atoms with Crippen LogP contribution >= 0.6 is 0 Å². The maximum absolute atomic E-state index is 11.8. The van der Waals surface area contributed by atoms with E-state index in [-0.39, 0.29) is 29.8 Å². The van der Waals surface area contributed by atoms with Crippen LogP contribution in [0.1, 0.15) is 23.2 Å². The monoisotopic (exact) mass is 294 g/mol. The molecule has 1 aromatic rings. The molecular weight excluding hydrogens is 284 g/mol. The summed E-state index contributed by atoms with van der Waals surface area (Å²) >= 11 is 0. The maximum atomic E-state index is 11.8. The Kier molecular flexibility index (Phi) is 3.83. The van der Waals surface area contributed by atoms with Crippen molar-refractivity contribution in [3.8, 4) is 5.75 Å². The molecule has 0 saturated carbocycles. The van der Waals surface area contributed by atoms with Gasteiger partial charge in [-0.25, -0.2) is 4.79 Å². The van der Waals surface area contributed by atoms with Gasteiger partial charge in [0.2, 0.25) is 0 Å². The van der Waals surface area contributed by atoms with Crippen molar-refractivity contribution < 1.29 is 28.9 Å². The average molecular weight is 294 g/mol. The minimum absolute atomic E-state index is 0.0182. The fraction of sp³-hybridized carbons (Fsp3) is 0.250. The molecule has 1 saturated heterocycles. The lowest BCUT2D eigenvalue weighted by atomic mass is 10.2. The average Bonchev–Trinajstić information content (AvgIpc) is 2.78. The third-order valence-corrected chi connectivity index (χ3v) is 2.79. The number of hydrogen-bond donors (Lipinski definition) is 0. The Hall–Kier alpha value is -2.97. The largest absolute Gasteiger partial charge is 0.490 e. The number of amides is 2. The fourth-order valence-corrected chi connectivity index (χ4v) is 1.75. The van der Waals surface area contributed by atoms with E-state index in [1.165, 1.54) is 7.11 Å². The van der Waals surface area contributed by atoms with E-state index in [4.69, 9.17) is 9.57 Å². The molecule has 1 aliphatic heterocycles. The molecule has 1 fully saturated rings. The second-order valence-corrected chi connectivity index (χ2v) is 4.10. The van der Waals surface area contributed by atoms with Crippen LogP contribution in [0.3, 0.4) is 0 Å². The van der Waals surface area contributed by atoms with Crippen molar-refractivity contribution in [1.82, 2.24) is 5.06 Å². The van der Waals surface area contributed by atoms with Crippen molar-refractivity contribution in [3.63, 3.8) is 0 Å². The maximum Gasteiger partial charge on any atom is 0.364 e. The molecule has 0 bridgehead atoms. The third kappa shape index (κ3) is 2.81. The van der Waals surface area contributed by atoms with Crippen LogP contribution in [-0.4, -0.2) is 34.9 Å². The molecule has 2 rings (SSSR count). The number of rotatable bonds is 4. The lowest BCUT2D eigenvalue weighted by Crippen LogP contribution is -2.32. The topological polar surface area (TPSA) is 116 Å². The minimum Gasteiger partial charge on any atom is -0.490 e. The minimum atomic E-state index is -0.980. The first-order valence-corrected chi connectivity index (χ1v) is 5.84. The Morgan fingerprint density at radius 1 is 1.29 bits per heavy atom. The van der Waals surface area contributed by atoms with E-state index in [1.54, 1.807) is 0 Å². The summed E-state index contributed by atoms with van der Waals surface area (Å²) in [6, 6.07) is 3.32. The van der Waals surface area contributed by atoms with Crippen LogP contribution in [0.4, 0.5) is 5.69 Å². The van der Waals surface area contributed by atoms with Crippen molar-refractivity contribution in [2.45, 2.75) is 12.8 Å². The van der Waals surface area contributed by atoms with Gasteiger partial charge in [0.15, 0.2) is 5.75 Å². The normalized spacial score (nSPS) is 14.2. The summed E-state index contributed by atoms with van der Waals surface area (Å²) in [7, 11) is 1.21. The van der Waals surface area contributed by atoms with E-state index >= 15 is 0 Å². The molecule has 1 aromatic carbocycles. The first-order valence-electron chi connectivity index (χ1n) is 5.84. The molecule has 0 unspecified atom stereocenters. The predicted molar refractivity (Wildman–Crippen MR) is 66.2 cm³/mol. The molecule has 0 aromatic heterocycles. The Balaban J connectivity index is 2.22. The van der Waals surface area contributed by atoms with Crippen LogP contribution in [0.25, 0.3) is 0 Å². The van der Waals surface area contributed by atoms with E-state index in [0.717, 1.165) is 18.2 Å². The molecule has 2 amide bonds. The molecule has 1 aliphatic rings. The number of benzene rings is 1. The van der Waals surface area contributed by atoms with Gasteiger partial charge in [-0.05, 0) is 6.07 Å². The Labute approximate surface area is 118 Å². The summed E-state index contributed by atoms with van der Waals surface area (Å²) in [5, 5.41) is 11.1. The van der Waals surface area contributed by atoms with Crippen LogP contribution in [0.15, 0.2) is 18.2 Å². The van der Waals surface area contributed by atoms with Crippen LogP contribution < -0.4 is 4.74 Å². The third-order valence-electron chi connectivity index (χ3n) is 2.79. The molecule has 21 heavy (non-hydrogen) atoms. The summed E-state index contributed by atoms with van der Waals surface area (Å²) < 4.78 is 4.81. The number of carbonyl (C=O) groups excluding carboxylic acids is 3. The number of hydroxylamine groups is 2. The quantitative estimate of drug-likeness (QED) is 0.458. The number of carbonyl (C=O) groups is 3. The molecule has 1 heterocycles. The summed E-state index contributed by atoms with van der Waals surface area (Å²) in [4.78, 5) is 49.3. The number of nitro benzene ring substituents is 1. The smallest absolute Gasteiger partial charge is 0.364 e. The fourth-order valence-electron chi connectivity index (χ4n) is 1.75. The highest BCUT2D eigenvalue weighted by atomic mass is 16.7. The van der Waals surface area contributed by atoms with Crippen LogP contribution in [0, 0.1) is 10.1 Å². The molecule has 9 heteroatoms. The zero-order valence-corrected chi connectivity index (χ0v) is 10.9. The Bertz CT molecular complexity index is 624. The van der Waals surface area contributed by atoms with Gasteiger partial charge in [0, 0.05) is 25.0 Å². The zero-order chi connectivity index (χ0) is 15.6. The Morgan fingerprint density at radius 2 is 1.90 bits per heavy atom. The van der Waals surface area contributed by atoms with E-state index in [9.17, 15) is 24.5 Å². The predicted octanol–water partition coefficient (Wildman–Crippen LogP) is 0.824. The second kappa shape index (κ2) is 5.57. The van der Waals surface area contributed by atoms with Gasteiger partial charge in [-0.1, -0.05) is 0 Å². The van der Waals surface area contributed by atoms with E-state index in [1.807, 2.05) is 0 Å². The van der Waals surface area contributed by atoms with Crippen LogP contribution in [0.2, 0.25) is 0 Å². The Morgan fingerprint density at radius 3 is 2.43 bits per heavy atom. The molecule has 0 N–H and O–H groups in total. The van der Waals surface area contributed by atoms with Gasteiger partial charge < -0.3 is 9.57 Å². The van der Waals surface area contributed by atoms with Gasteiger partial charge in [0.05, 0.1) is 17.6 Å². The van der Waals surface area contributed by atoms with Crippen molar-refractivity contribution >= 4 is 23.5 Å². The van der Waals surface area contributed by atoms with E-state index in [0.29, 0.717) is 5.06 Å². The lowest BCUT2D eigenvalue weighted by Gasteiger charge is -2.12. The van der Waals surface area contributed by atoms with Gasteiger partial charge in [-0.2, -0.15) is 0 Å². The number of ether oxygens (including phenoxy) is 1. The summed E-state index contributed by atoms with van der Waals surface area (Å²) in [5.41, 5.74) is -0.396. The molecule has 0 radical (unpaired) electrons. The van der Waals surface area contributed by atoms with Gasteiger partial charge in [0.25, 0.3) is 11.8 Å². The number of methoxy groups -OCH3 is 1. The standard InChI is InChI=1S/C12H10N2O7/c1-20-9-6-7(2-3-8(9)14(18)19)12(17)21-13-10(15)4-5-11(13)16/h2-3,6H,4-5H2,1H3. The molecule has 0 atom stereocenters. The van der Waals surface area contributed by atoms with E-state index in [2.05, 4.69) is 0 Å². The van der Waals surface area contributed by atoms with Gasteiger partial charge in [-0.3, -0.25) is 19.7 Å². The van der Waals surface area contributed by atoms with Crippen LogP contribution in [0.5, 0.6) is 5.75 Å². The number of nitro groups is 1. The second-order valence-electron chi connectivity index (χ2n) is 4.10. The first kappa shape index (κ1) is 14.4. The zero-order valence-electron chi connectivity index (χ0n) is 10.9. The molecule has 9 nitrogen and oxygen atoms in total. The molecular formula is C12H10N2O7. The van der Waals surface area contributed by atoms with Crippen molar-refractivity contribution in [2.24, 2.45) is 0 Å². The molecule has 0 aliphatic carbocycles. The highest BCUT2D eigenvalue weighted by molar-refractivity contribution is 6.02. The molecule has 110 valence electrons. The summed E-state index contributed by atoms with van der Waals surface area (Å²) in [5.74, 6) is -2.33. The summed E-state index contributed by atoms with van der Waals surface area (Å²) in [6.07, 6.45) is -0.0363. The highest BCUT2D eigenvalue weighted by Crippen LogP contribution is 2.28. The van der Waals surface area contributed by atoms with Gasteiger partial charge in [0.1, 0.15) is 0 Å². The lowest BCUT2D eigenvalue weighted by molar-refractivity contribution is -0.385. The SMILES string of the molecule is COc1cc(C(=O)ON2C(=O)CCC2=O)ccc1[N+](=O)[O-]. The number of nitrogens with zero attached hydrogens (tertiary/aromatic N) is 2. The number of imide groups is 1. The molecule has 0 spiro atoms. The summed E-state index contributed by atoms with van der Waals surface area (Å²) in [6.45, 7) is 0.